The van der Waals surface area contributed by atoms with Crippen LogP contribution in [0.1, 0.15) is 26.5 Å². The fourth-order valence-corrected chi connectivity index (χ4v) is 0.955. The summed E-state index contributed by atoms with van der Waals surface area (Å²) in [4.78, 5) is 12.0. The first-order chi connectivity index (χ1) is 7.72. The summed E-state index contributed by atoms with van der Waals surface area (Å²) in [5.74, 6) is 1.22. The summed E-state index contributed by atoms with van der Waals surface area (Å²) in [6, 6.07) is 0.247. The Bertz CT molecular complexity index is 303. The molecular weight excluding hydrogens is 238 g/mol. The van der Waals surface area contributed by atoms with Gasteiger partial charge in [-0.15, -0.1) is 0 Å². The first-order valence-corrected chi connectivity index (χ1v) is 4.69. The van der Waals surface area contributed by atoms with Crippen molar-refractivity contribution >= 4 is 0 Å². The van der Waals surface area contributed by atoms with E-state index in [4.69, 9.17) is 14.2 Å². The Kier molecular flexibility index (Phi) is 11.4. The van der Waals surface area contributed by atoms with E-state index in [9.17, 15) is 0 Å². The average Bonchev–Trinajstić information content (AvgIpc) is 2.22. The van der Waals surface area contributed by atoms with E-state index >= 15 is 0 Å². The molecule has 0 aromatic carbocycles. The van der Waals surface area contributed by atoms with Gasteiger partial charge < -0.3 is 18.9 Å². The lowest BCUT2D eigenvalue weighted by atomic mass is 10.6. The normalized spacial score (nSPS) is 9.28. The molecule has 18 heavy (non-hydrogen) atoms. The van der Waals surface area contributed by atoms with E-state index in [1.165, 1.54) is 7.11 Å². The number of hydrogen-bond donors (Lipinski definition) is 0. The minimum atomic E-state index is 0. The van der Waals surface area contributed by atoms with Gasteiger partial charge in [0.15, 0.2) is 13.6 Å². The lowest BCUT2D eigenvalue weighted by molar-refractivity contribution is -0.146. The second-order valence-electron chi connectivity index (χ2n) is 2.91. The van der Waals surface area contributed by atoms with Crippen LogP contribution in [0.2, 0.25) is 0 Å². The molecule has 7 nitrogen and oxygen atoms in total. The van der Waals surface area contributed by atoms with Crippen molar-refractivity contribution in [1.29, 1.82) is 0 Å². The molecule has 1 aromatic heterocycles. The van der Waals surface area contributed by atoms with Gasteiger partial charge in [0.25, 0.3) is 0 Å². The van der Waals surface area contributed by atoms with Crippen molar-refractivity contribution in [2.45, 2.75) is 28.7 Å². The smallest absolute Gasteiger partial charge is 0.322 e. The topological polar surface area (TPSA) is 75.6 Å². The van der Waals surface area contributed by atoms with E-state index in [1.807, 2.05) is 0 Å². The zero-order chi connectivity index (χ0) is 11.8. The summed E-state index contributed by atoms with van der Waals surface area (Å²) in [6.07, 6.45) is 0. The summed E-state index contributed by atoms with van der Waals surface area (Å²) >= 11 is 0. The molecule has 0 saturated heterocycles. The highest BCUT2D eigenvalue weighted by molar-refractivity contribution is 4.98. The zero-order valence-corrected chi connectivity index (χ0v) is 9.60. The largest absolute Gasteiger partial charge is 0.436 e. The van der Waals surface area contributed by atoms with Gasteiger partial charge in [-0.2, -0.15) is 9.97 Å². The van der Waals surface area contributed by atoms with E-state index in [2.05, 4.69) is 19.7 Å². The number of aromatic nitrogens is 3. The Balaban J connectivity index is 0. The Morgan fingerprint density at radius 3 is 1.94 bits per heavy atom. The maximum absolute atomic E-state index is 5.14. The average molecular weight is 261 g/mol. The van der Waals surface area contributed by atoms with Crippen LogP contribution in [-0.4, -0.2) is 42.4 Å². The Morgan fingerprint density at radius 1 is 0.833 bits per heavy atom. The maximum Gasteiger partial charge on any atom is 0.322 e. The molecular formula is C11H23N3O4. The second kappa shape index (κ2) is 10.8. The van der Waals surface area contributed by atoms with Crippen LogP contribution in [0.3, 0.4) is 0 Å². The van der Waals surface area contributed by atoms with Gasteiger partial charge in [-0.25, -0.2) is 4.98 Å². The number of methoxy groups -OCH3 is 1. The minimum Gasteiger partial charge on any atom is -0.436 e. The molecule has 1 aromatic rings. The molecule has 0 radical (unpaired) electrons. The van der Waals surface area contributed by atoms with Crippen LogP contribution in [0.5, 0.6) is 6.01 Å². The quantitative estimate of drug-likeness (QED) is 0.546. The Morgan fingerprint density at radius 2 is 1.39 bits per heavy atom. The van der Waals surface area contributed by atoms with E-state index in [1.54, 1.807) is 13.8 Å². The molecule has 0 N–H and O–H groups in total. The molecule has 106 valence electrons. The van der Waals surface area contributed by atoms with E-state index < -0.39 is 0 Å². The third-order valence-corrected chi connectivity index (χ3v) is 1.48. The molecule has 0 atom stereocenters. The molecule has 0 aliphatic heterocycles. The van der Waals surface area contributed by atoms with Crippen molar-refractivity contribution < 1.29 is 18.9 Å². The zero-order valence-electron chi connectivity index (χ0n) is 9.60. The summed E-state index contributed by atoms with van der Waals surface area (Å²) in [6.45, 7) is 3.83. The van der Waals surface area contributed by atoms with Gasteiger partial charge in [0, 0.05) is 7.11 Å². The Labute approximate surface area is 108 Å². The molecule has 0 amide bonds. The highest BCUT2D eigenvalue weighted by atomic mass is 16.8. The van der Waals surface area contributed by atoms with Crippen LogP contribution in [0.4, 0.5) is 0 Å². The molecule has 0 aliphatic carbocycles. The fraction of sp³-hybridized carbons (Fsp3) is 0.727. The Hall–Kier alpha value is -1.31. The van der Waals surface area contributed by atoms with Crippen LogP contribution in [0.15, 0.2) is 0 Å². The number of hydrogen-bond acceptors (Lipinski definition) is 7. The standard InChI is InChI=1S/C9H15N3O4.2CH4/c1-7-10-8(2)12-9(11-7)16-6-15-5-14-4-13-3;;/h4-6H2,1-3H3;2*1H4. The molecule has 7 heteroatoms. The number of aryl methyl sites for hydroxylation is 2. The number of nitrogens with zero attached hydrogens (tertiary/aromatic N) is 3. The lowest BCUT2D eigenvalue weighted by Crippen LogP contribution is -2.10. The maximum atomic E-state index is 5.14. The van der Waals surface area contributed by atoms with Crippen molar-refractivity contribution in [1.82, 2.24) is 15.0 Å². The van der Waals surface area contributed by atoms with Gasteiger partial charge in [-0.05, 0) is 13.8 Å². The highest BCUT2D eigenvalue weighted by Crippen LogP contribution is 2.02. The van der Waals surface area contributed by atoms with Crippen molar-refractivity contribution in [2.24, 2.45) is 0 Å². The number of ether oxygens (including phenoxy) is 4. The van der Waals surface area contributed by atoms with Crippen molar-refractivity contribution in [3.63, 3.8) is 0 Å². The molecule has 1 heterocycles. The summed E-state index contributed by atoms with van der Waals surface area (Å²) in [5.41, 5.74) is 0. The van der Waals surface area contributed by atoms with Crippen molar-refractivity contribution in [3.8, 4) is 6.01 Å². The fourth-order valence-electron chi connectivity index (χ4n) is 0.955. The van der Waals surface area contributed by atoms with E-state index in [0.717, 1.165) is 0 Å². The third kappa shape index (κ3) is 7.88. The molecule has 0 aliphatic rings. The predicted octanol–water partition coefficient (Wildman–Crippen LogP) is 1.69. The molecule has 0 fully saturated rings. The highest BCUT2D eigenvalue weighted by Gasteiger charge is 2.00. The van der Waals surface area contributed by atoms with Gasteiger partial charge in [0.2, 0.25) is 0 Å². The van der Waals surface area contributed by atoms with Crippen molar-refractivity contribution in [3.05, 3.63) is 11.6 Å². The molecule has 0 saturated carbocycles. The minimum absolute atomic E-state index is 0. The molecule has 0 bridgehead atoms. The van der Waals surface area contributed by atoms with Crippen LogP contribution < -0.4 is 4.74 Å². The lowest BCUT2D eigenvalue weighted by Gasteiger charge is -2.06. The van der Waals surface area contributed by atoms with Gasteiger partial charge in [0.1, 0.15) is 18.4 Å². The second-order valence-corrected chi connectivity index (χ2v) is 2.91. The van der Waals surface area contributed by atoms with Crippen molar-refractivity contribution in [2.75, 3.05) is 27.5 Å². The first-order valence-electron chi connectivity index (χ1n) is 4.69. The number of rotatable bonds is 7. The van der Waals surface area contributed by atoms with Gasteiger partial charge in [0.05, 0.1) is 0 Å². The predicted molar refractivity (Wildman–Crippen MR) is 67.2 cm³/mol. The van der Waals surface area contributed by atoms with E-state index in [0.29, 0.717) is 11.6 Å². The summed E-state index contributed by atoms with van der Waals surface area (Å²) in [7, 11) is 1.53. The van der Waals surface area contributed by atoms with E-state index in [-0.39, 0.29) is 41.2 Å². The summed E-state index contributed by atoms with van der Waals surface area (Å²) in [5, 5.41) is 0. The SMILES string of the molecule is C.C.COCOCOCOc1nc(C)nc(C)n1. The van der Waals surface area contributed by atoms with Crippen LogP contribution >= 0.6 is 0 Å². The molecule has 1 rings (SSSR count). The van der Waals surface area contributed by atoms with Crippen LogP contribution in [0.25, 0.3) is 0 Å². The van der Waals surface area contributed by atoms with Gasteiger partial charge >= 0.3 is 6.01 Å². The monoisotopic (exact) mass is 261 g/mol. The van der Waals surface area contributed by atoms with Crippen LogP contribution in [-0.2, 0) is 14.2 Å². The first kappa shape index (κ1) is 19.0. The van der Waals surface area contributed by atoms with Gasteiger partial charge in [-0.3, -0.25) is 0 Å². The third-order valence-electron chi connectivity index (χ3n) is 1.48. The molecule has 0 unspecified atom stereocenters. The van der Waals surface area contributed by atoms with Gasteiger partial charge in [-0.1, -0.05) is 14.9 Å². The summed E-state index contributed by atoms with van der Waals surface area (Å²) < 4.78 is 19.7. The molecule has 0 spiro atoms. The van der Waals surface area contributed by atoms with Crippen LogP contribution in [0, 0.1) is 13.8 Å².